The summed E-state index contributed by atoms with van der Waals surface area (Å²) in [5, 5.41) is 4.17. The molecule has 1 aliphatic heterocycles. The van der Waals surface area contributed by atoms with Gasteiger partial charge in [0.05, 0.1) is 24.5 Å². The van der Waals surface area contributed by atoms with Gasteiger partial charge in [0, 0.05) is 37.9 Å². The monoisotopic (exact) mass is 425 g/mol. The van der Waals surface area contributed by atoms with Crippen molar-refractivity contribution in [2.75, 3.05) is 43.1 Å². The first kappa shape index (κ1) is 21.0. The normalized spacial score (nSPS) is 15.2. The highest BCUT2D eigenvalue weighted by Gasteiger charge is 2.21. The molecule has 0 spiro atoms. The molecule has 7 nitrogen and oxygen atoms in total. The van der Waals surface area contributed by atoms with Crippen molar-refractivity contribution in [3.8, 4) is 11.4 Å². The highest BCUT2D eigenvalue weighted by molar-refractivity contribution is 5.55. The van der Waals surface area contributed by atoms with Crippen LogP contribution >= 0.6 is 0 Å². The molecule has 0 radical (unpaired) electrons. The number of aromatic nitrogens is 3. The van der Waals surface area contributed by atoms with E-state index in [4.69, 9.17) is 4.74 Å². The van der Waals surface area contributed by atoms with Crippen molar-refractivity contribution in [2.24, 2.45) is 0 Å². The van der Waals surface area contributed by atoms with Crippen LogP contribution in [-0.4, -0.2) is 47.6 Å². The van der Waals surface area contributed by atoms with Crippen LogP contribution in [0.2, 0.25) is 0 Å². The minimum atomic E-state index is -0.335. The second-order valence-corrected chi connectivity index (χ2v) is 7.79. The number of nitrogens with zero attached hydrogens (tertiary/aromatic N) is 5. The number of benzene rings is 2. The van der Waals surface area contributed by atoms with Gasteiger partial charge in [-0.05, 0) is 49.7 Å². The molecule has 1 unspecified atom stereocenters. The van der Waals surface area contributed by atoms with Gasteiger partial charge in [-0.2, -0.15) is 5.10 Å². The van der Waals surface area contributed by atoms with E-state index in [1.165, 1.54) is 21.6 Å². The number of rotatable bonds is 6. The average molecular weight is 426 g/mol. The van der Waals surface area contributed by atoms with Gasteiger partial charge in [0.2, 0.25) is 0 Å². The number of halogens is 1. The second kappa shape index (κ2) is 8.83. The van der Waals surface area contributed by atoms with Gasteiger partial charge < -0.3 is 14.5 Å². The maximum atomic E-state index is 15.0. The summed E-state index contributed by atoms with van der Waals surface area (Å²) in [6, 6.07) is 12.9. The van der Waals surface area contributed by atoms with Crippen molar-refractivity contribution in [1.82, 2.24) is 14.3 Å². The molecule has 1 atom stereocenters. The van der Waals surface area contributed by atoms with Crippen LogP contribution in [0.4, 0.5) is 15.8 Å². The molecule has 0 saturated carbocycles. The van der Waals surface area contributed by atoms with Gasteiger partial charge in [0.25, 0.3) is 0 Å². The quantitative estimate of drug-likeness (QED) is 0.605. The lowest BCUT2D eigenvalue weighted by Gasteiger charge is -2.37. The molecule has 31 heavy (non-hydrogen) atoms. The van der Waals surface area contributed by atoms with E-state index < -0.39 is 0 Å². The van der Waals surface area contributed by atoms with Crippen LogP contribution in [-0.2, 0) is 0 Å². The van der Waals surface area contributed by atoms with Crippen LogP contribution in [0.15, 0.2) is 53.6 Å². The summed E-state index contributed by atoms with van der Waals surface area (Å²) in [5.74, 6) is 0.497. The summed E-state index contributed by atoms with van der Waals surface area (Å²) in [4.78, 5) is 16.9. The molecule has 0 N–H and O–H groups in total. The molecule has 3 aromatic rings. The molecule has 4 rings (SSSR count). The van der Waals surface area contributed by atoms with E-state index in [2.05, 4.69) is 10.00 Å². The fourth-order valence-electron chi connectivity index (χ4n) is 3.87. The Morgan fingerprint density at radius 1 is 1.03 bits per heavy atom. The van der Waals surface area contributed by atoms with Crippen molar-refractivity contribution in [2.45, 2.75) is 26.3 Å². The van der Waals surface area contributed by atoms with Gasteiger partial charge in [0.15, 0.2) is 0 Å². The maximum absolute atomic E-state index is 15.0. The molecule has 1 saturated heterocycles. The molecule has 0 amide bonds. The highest BCUT2D eigenvalue weighted by Crippen LogP contribution is 2.26. The number of methoxy groups -OCH3 is 1. The Bertz CT molecular complexity index is 1080. The number of anilines is 2. The second-order valence-electron chi connectivity index (χ2n) is 7.79. The van der Waals surface area contributed by atoms with E-state index in [-0.39, 0.29) is 17.5 Å². The third-order valence-corrected chi connectivity index (χ3v) is 5.97. The SMILES string of the molecule is CCC(C)n1ncn(-c2ccc(N3CCN(c4ccc(OC)cc4)CC3)c(F)c2)c1=O. The predicted octanol–water partition coefficient (Wildman–Crippen LogP) is 3.48. The van der Waals surface area contributed by atoms with E-state index in [9.17, 15) is 9.18 Å². The van der Waals surface area contributed by atoms with E-state index in [0.29, 0.717) is 24.5 Å². The molecule has 2 aromatic carbocycles. The van der Waals surface area contributed by atoms with E-state index >= 15 is 0 Å². The Balaban J connectivity index is 1.47. The zero-order valence-corrected chi connectivity index (χ0v) is 18.2. The molecule has 1 aliphatic rings. The molecular weight excluding hydrogens is 397 g/mol. The van der Waals surface area contributed by atoms with Gasteiger partial charge in [-0.1, -0.05) is 6.92 Å². The molecule has 8 heteroatoms. The summed E-state index contributed by atoms with van der Waals surface area (Å²) in [7, 11) is 1.65. The van der Waals surface area contributed by atoms with E-state index in [1.807, 2.05) is 43.0 Å². The summed E-state index contributed by atoms with van der Waals surface area (Å²) < 4.78 is 23.0. The molecule has 164 valence electrons. The number of hydrogen-bond acceptors (Lipinski definition) is 5. The predicted molar refractivity (Wildman–Crippen MR) is 120 cm³/mol. The molecule has 1 fully saturated rings. The van der Waals surface area contributed by atoms with Crippen LogP contribution in [0.25, 0.3) is 5.69 Å². The standard InChI is InChI=1S/C23H28FN5O2/c1-4-17(2)29-23(30)28(16-25-29)19-7-10-22(21(24)15-19)27-13-11-26(12-14-27)18-5-8-20(31-3)9-6-18/h5-10,15-17H,4,11-14H2,1-3H3. The molecule has 0 aliphatic carbocycles. The van der Waals surface area contributed by atoms with E-state index in [0.717, 1.165) is 30.9 Å². The lowest BCUT2D eigenvalue weighted by atomic mass is 10.2. The van der Waals surface area contributed by atoms with Gasteiger partial charge >= 0.3 is 5.69 Å². The summed E-state index contributed by atoms with van der Waals surface area (Å²) in [6.45, 7) is 6.97. The largest absolute Gasteiger partial charge is 0.497 e. The number of piperazine rings is 1. The van der Waals surface area contributed by atoms with Crippen molar-refractivity contribution in [3.63, 3.8) is 0 Å². The maximum Gasteiger partial charge on any atom is 0.350 e. The number of hydrogen-bond donors (Lipinski definition) is 0. The Morgan fingerprint density at radius 3 is 2.29 bits per heavy atom. The van der Waals surface area contributed by atoms with Gasteiger partial charge in [-0.3, -0.25) is 0 Å². The Hall–Kier alpha value is -3.29. The van der Waals surface area contributed by atoms with Gasteiger partial charge in [-0.15, -0.1) is 0 Å². The smallest absolute Gasteiger partial charge is 0.350 e. The topological polar surface area (TPSA) is 55.5 Å². The first-order chi connectivity index (χ1) is 15.0. The van der Waals surface area contributed by atoms with Crippen molar-refractivity contribution >= 4 is 11.4 Å². The summed E-state index contributed by atoms with van der Waals surface area (Å²) in [6.07, 6.45) is 2.25. The van der Waals surface area contributed by atoms with Crippen LogP contribution < -0.4 is 20.2 Å². The fourth-order valence-corrected chi connectivity index (χ4v) is 3.87. The highest BCUT2D eigenvalue weighted by atomic mass is 19.1. The van der Waals surface area contributed by atoms with Crippen molar-refractivity contribution < 1.29 is 9.13 Å². The average Bonchev–Trinajstić information content (AvgIpc) is 3.20. The fraction of sp³-hybridized carbons (Fsp3) is 0.391. The molecule has 1 aromatic heterocycles. The van der Waals surface area contributed by atoms with Crippen LogP contribution in [0.3, 0.4) is 0 Å². The first-order valence-electron chi connectivity index (χ1n) is 10.6. The van der Waals surface area contributed by atoms with Gasteiger partial charge in [0.1, 0.15) is 17.9 Å². The minimum Gasteiger partial charge on any atom is -0.497 e. The van der Waals surface area contributed by atoms with Gasteiger partial charge in [-0.25, -0.2) is 18.4 Å². The van der Waals surface area contributed by atoms with E-state index in [1.54, 1.807) is 19.2 Å². The minimum absolute atomic E-state index is 0.000123. The van der Waals surface area contributed by atoms with Crippen molar-refractivity contribution in [1.29, 1.82) is 0 Å². The van der Waals surface area contributed by atoms with Crippen LogP contribution in [0.5, 0.6) is 5.75 Å². The van der Waals surface area contributed by atoms with Crippen LogP contribution in [0, 0.1) is 5.82 Å². The third-order valence-electron chi connectivity index (χ3n) is 5.97. The zero-order chi connectivity index (χ0) is 22.0. The summed E-state index contributed by atoms with van der Waals surface area (Å²) >= 11 is 0. The Labute approximate surface area is 181 Å². The number of ether oxygens (including phenoxy) is 1. The molecule has 0 bridgehead atoms. The summed E-state index contributed by atoms with van der Waals surface area (Å²) in [5.41, 5.74) is 1.92. The Morgan fingerprint density at radius 2 is 1.68 bits per heavy atom. The zero-order valence-electron chi connectivity index (χ0n) is 18.2. The lowest BCUT2D eigenvalue weighted by Crippen LogP contribution is -2.46. The van der Waals surface area contributed by atoms with Crippen LogP contribution in [0.1, 0.15) is 26.3 Å². The van der Waals surface area contributed by atoms with Crippen molar-refractivity contribution in [3.05, 3.63) is 65.1 Å². The third kappa shape index (κ3) is 4.15. The molecular formula is C23H28FN5O2. The lowest BCUT2D eigenvalue weighted by molar-refractivity contribution is 0.415. The first-order valence-corrected chi connectivity index (χ1v) is 10.6. The molecule has 2 heterocycles. The Kier molecular flexibility index (Phi) is 5.97.